The van der Waals surface area contributed by atoms with Gasteiger partial charge in [-0.15, -0.1) is 12.4 Å². The first-order valence-corrected chi connectivity index (χ1v) is 8.10. The van der Waals surface area contributed by atoms with Crippen molar-refractivity contribution in [1.82, 2.24) is 10.2 Å². The van der Waals surface area contributed by atoms with Crippen molar-refractivity contribution >= 4 is 30.0 Å². The lowest BCUT2D eigenvalue weighted by molar-refractivity contribution is -0.121. The summed E-state index contributed by atoms with van der Waals surface area (Å²) in [5.74, 6) is -0.112. The normalized spacial score (nSPS) is 11.0. The van der Waals surface area contributed by atoms with Crippen molar-refractivity contribution in [3.8, 4) is 0 Å². The average molecular weight is 377 g/mol. The van der Waals surface area contributed by atoms with Gasteiger partial charge in [0.1, 0.15) is 0 Å². The fourth-order valence-electron chi connectivity index (χ4n) is 2.28. The molecule has 0 fully saturated rings. The number of nitrogens with two attached hydrogens (primary N) is 1. The summed E-state index contributed by atoms with van der Waals surface area (Å²) < 4.78 is 0. The Balaban J connectivity index is 0.00000338. The van der Waals surface area contributed by atoms with Crippen LogP contribution >= 0.6 is 12.4 Å². The Hall–Kier alpha value is -2.57. The Morgan fingerprint density at radius 3 is 2.42 bits per heavy atom. The minimum atomic E-state index is -0.327. The van der Waals surface area contributed by atoms with Gasteiger partial charge in [-0.05, 0) is 23.3 Å². The van der Waals surface area contributed by atoms with Gasteiger partial charge in [0.2, 0.25) is 5.91 Å². The molecule has 0 bridgehead atoms. The van der Waals surface area contributed by atoms with E-state index in [9.17, 15) is 9.59 Å². The van der Waals surface area contributed by atoms with E-state index in [-0.39, 0.29) is 36.8 Å². The lowest BCUT2D eigenvalue weighted by Crippen LogP contribution is -2.28. The summed E-state index contributed by atoms with van der Waals surface area (Å²) >= 11 is 0. The molecule has 0 radical (unpaired) electrons. The van der Waals surface area contributed by atoms with Crippen LogP contribution in [-0.4, -0.2) is 30.9 Å². The molecule has 0 heterocycles. The monoisotopic (exact) mass is 376 g/mol. The zero-order valence-electron chi connectivity index (χ0n) is 14.9. The van der Waals surface area contributed by atoms with Gasteiger partial charge in [0.15, 0.2) is 0 Å². The second-order valence-corrected chi connectivity index (χ2v) is 6.02. The Morgan fingerprint density at radius 2 is 1.77 bits per heavy atom. The van der Waals surface area contributed by atoms with Crippen LogP contribution in [0.4, 0.5) is 10.5 Å². The standard InChI is InChI=1S/C19H24N4O2.ClH/c1-23(2)19(25)22-16-10-6-7-14(11-16)13-21-18(24)12-17(20)15-8-4-3-5-9-15;/h3-11,17H,12-13,20H2,1-2H3,(H,21,24)(H,22,25);1H. The lowest BCUT2D eigenvalue weighted by Gasteiger charge is -2.14. The molecular formula is C19H25ClN4O2. The summed E-state index contributed by atoms with van der Waals surface area (Å²) in [6.07, 6.45) is 0.223. The van der Waals surface area contributed by atoms with Crippen LogP contribution in [0.25, 0.3) is 0 Å². The highest BCUT2D eigenvalue weighted by Crippen LogP contribution is 2.14. The fraction of sp³-hybridized carbons (Fsp3) is 0.263. The van der Waals surface area contributed by atoms with E-state index in [2.05, 4.69) is 10.6 Å². The van der Waals surface area contributed by atoms with Gasteiger partial charge in [-0.25, -0.2) is 4.79 Å². The number of rotatable bonds is 6. The minimum Gasteiger partial charge on any atom is -0.352 e. The number of amides is 3. The maximum absolute atomic E-state index is 12.1. The third-order valence-corrected chi connectivity index (χ3v) is 3.71. The van der Waals surface area contributed by atoms with Crippen LogP contribution < -0.4 is 16.4 Å². The molecule has 7 heteroatoms. The van der Waals surface area contributed by atoms with Crippen LogP contribution in [0.1, 0.15) is 23.6 Å². The number of carbonyl (C=O) groups excluding carboxylic acids is 2. The average Bonchev–Trinajstić information content (AvgIpc) is 2.61. The van der Waals surface area contributed by atoms with Gasteiger partial charge in [-0.1, -0.05) is 42.5 Å². The molecule has 2 aromatic rings. The molecule has 0 aromatic heterocycles. The van der Waals surface area contributed by atoms with Gasteiger partial charge in [0.05, 0.1) is 0 Å². The third kappa shape index (κ3) is 6.74. The molecule has 140 valence electrons. The van der Waals surface area contributed by atoms with Gasteiger partial charge in [0, 0.05) is 38.8 Å². The minimum absolute atomic E-state index is 0. The molecule has 0 saturated carbocycles. The summed E-state index contributed by atoms with van der Waals surface area (Å²) in [7, 11) is 3.35. The van der Waals surface area contributed by atoms with E-state index in [1.54, 1.807) is 20.2 Å². The molecule has 3 amide bonds. The maximum Gasteiger partial charge on any atom is 0.321 e. The molecule has 2 rings (SSSR count). The molecule has 1 unspecified atom stereocenters. The van der Waals surface area contributed by atoms with E-state index in [1.807, 2.05) is 48.5 Å². The van der Waals surface area contributed by atoms with Crippen molar-refractivity contribution in [2.45, 2.75) is 19.0 Å². The first-order chi connectivity index (χ1) is 12.0. The molecule has 2 aromatic carbocycles. The van der Waals surface area contributed by atoms with Gasteiger partial charge in [-0.2, -0.15) is 0 Å². The molecule has 26 heavy (non-hydrogen) atoms. The number of anilines is 1. The number of nitrogens with one attached hydrogen (secondary N) is 2. The second-order valence-electron chi connectivity index (χ2n) is 6.02. The number of nitrogens with zero attached hydrogens (tertiary/aromatic N) is 1. The van der Waals surface area contributed by atoms with E-state index < -0.39 is 0 Å². The highest BCUT2D eigenvalue weighted by atomic mass is 35.5. The van der Waals surface area contributed by atoms with Crippen LogP contribution in [-0.2, 0) is 11.3 Å². The summed E-state index contributed by atoms with van der Waals surface area (Å²) in [6, 6.07) is 16.4. The van der Waals surface area contributed by atoms with E-state index in [1.165, 1.54) is 4.90 Å². The smallest absolute Gasteiger partial charge is 0.321 e. The van der Waals surface area contributed by atoms with Crippen LogP contribution in [0, 0.1) is 0 Å². The predicted molar refractivity (Wildman–Crippen MR) is 106 cm³/mol. The topological polar surface area (TPSA) is 87.5 Å². The van der Waals surface area contributed by atoms with Crippen LogP contribution in [0.3, 0.4) is 0 Å². The molecule has 0 spiro atoms. The quantitative estimate of drug-likeness (QED) is 0.724. The van der Waals surface area contributed by atoms with Crippen molar-refractivity contribution in [2.75, 3.05) is 19.4 Å². The number of benzene rings is 2. The zero-order valence-corrected chi connectivity index (χ0v) is 15.8. The highest BCUT2D eigenvalue weighted by Gasteiger charge is 2.11. The number of halogens is 1. The second kappa shape index (κ2) is 10.4. The molecule has 0 aliphatic heterocycles. The van der Waals surface area contributed by atoms with Crippen LogP contribution in [0.15, 0.2) is 54.6 Å². The molecule has 0 aliphatic rings. The van der Waals surface area contributed by atoms with E-state index in [0.717, 1.165) is 11.1 Å². The van der Waals surface area contributed by atoms with Gasteiger partial charge in [0.25, 0.3) is 0 Å². The molecular weight excluding hydrogens is 352 g/mol. The lowest BCUT2D eigenvalue weighted by atomic mass is 10.0. The third-order valence-electron chi connectivity index (χ3n) is 3.71. The maximum atomic E-state index is 12.1. The first-order valence-electron chi connectivity index (χ1n) is 8.10. The summed E-state index contributed by atoms with van der Waals surface area (Å²) in [5, 5.41) is 5.64. The molecule has 1 atom stereocenters. The zero-order chi connectivity index (χ0) is 18.2. The van der Waals surface area contributed by atoms with Crippen molar-refractivity contribution in [3.63, 3.8) is 0 Å². The first kappa shape index (κ1) is 21.5. The Bertz CT molecular complexity index is 722. The van der Waals surface area contributed by atoms with Crippen molar-refractivity contribution < 1.29 is 9.59 Å². The number of urea groups is 1. The summed E-state index contributed by atoms with van der Waals surface area (Å²) in [5.41, 5.74) is 8.58. The highest BCUT2D eigenvalue weighted by molar-refractivity contribution is 5.89. The van der Waals surface area contributed by atoms with Gasteiger partial charge in [-0.3, -0.25) is 4.79 Å². The SMILES string of the molecule is CN(C)C(=O)Nc1cccc(CNC(=O)CC(N)c2ccccc2)c1.Cl. The Morgan fingerprint density at radius 1 is 1.08 bits per heavy atom. The fourth-order valence-corrected chi connectivity index (χ4v) is 2.28. The summed E-state index contributed by atoms with van der Waals surface area (Å²) in [6.45, 7) is 0.381. The summed E-state index contributed by atoms with van der Waals surface area (Å²) in [4.78, 5) is 25.2. The van der Waals surface area contributed by atoms with Crippen LogP contribution in [0.2, 0.25) is 0 Å². The number of hydrogen-bond acceptors (Lipinski definition) is 3. The van der Waals surface area contributed by atoms with E-state index in [4.69, 9.17) is 5.73 Å². The molecule has 0 aliphatic carbocycles. The van der Waals surface area contributed by atoms with E-state index in [0.29, 0.717) is 12.2 Å². The molecule has 0 saturated heterocycles. The number of carbonyl (C=O) groups is 2. The van der Waals surface area contributed by atoms with Gasteiger partial charge < -0.3 is 21.3 Å². The molecule has 6 nitrogen and oxygen atoms in total. The van der Waals surface area contributed by atoms with E-state index >= 15 is 0 Å². The Labute approximate surface area is 160 Å². The number of hydrogen-bond donors (Lipinski definition) is 3. The Kier molecular flexibility index (Phi) is 8.61. The largest absolute Gasteiger partial charge is 0.352 e. The van der Waals surface area contributed by atoms with Crippen molar-refractivity contribution in [1.29, 1.82) is 0 Å². The van der Waals surface area contributed by atoms with Crippen LogP contribution in [0.5, 0.6) is 0 Å². The molecule has 4 N–H and O–H groups in total. The van der Waals surface area contributed by atoms with Gasteiger partial charge >= 0.3 is 6.03 Å². The van der Waals surface area contributed by atoms with Crippen molar-refractivity contribution in [3.05, 3.63) is 65.7 Å². The predicted octanol–water partition coefficient (Wildman–Crippen LogP) is 2.91. The van der Waals surface area contributed by atoms with Crippen molar-refractivity contribution in [2.24, 2.45) is 5.73 Å².